The summed E-state index contributed by atoms with van der Waals surface area (Å²) in [5.41, 5.74) is 3.09. The highest BCUT2D eigenvalue weighted by atomic mass is 79.9. The molecular weight excluding hydrogens is 448 g/mol. The Hall–Kier alpha value is -1.46. The van der Waals surface area contributed by atoms with Gasteiger partial charge in [0, 0.05) is 31.9 Å². The number of rotatable bonds is 6. The van der Waals surface area contributed by atoms with Crippen LogP contribution in [0.2, 0.25) is 0 Å². The highest BCUT2D eigenvalue weighted by Gasteiger charge is 2.17. The average molecular weight is 468 g/mol. The van der Waals surface area contributed by atoms with Crippen LogP contribution in [0.15, 0.2) is 36.4 Å². The molecule has 0 aliphatic rings. The predicted octanol–water partition coefficient (Wildman–Crippen LogP) is 6.80. The zero-order chi connectivity index (χ0) is 18.7. The molecule has 25 heavy (non-hydrogen) atoms. The fourth-order valence-electron chi connectivity index (χ4n) is 2.46. The van der Waals surface area contributed by atoms with Gasteiger partial charge in [-0.15, -0.1) is 0 Å². The molecule has 0 aliphatic heterocycles. The van der Waals surface area contributed by atoms with Crippen molar-refractivity contribution in [1.29, 1.82) is 0 Å². The number of alkyl halides is 2. The number of carbonyl (C=O) groups is 2. The van der Waals surface area contributed by atoms with Crippen LogP contribution < -0.4 is 4.74 Å². The topological polar surface area (TPSA) is 43.4 Å². The molecule has 0 fully saturated rings. The summed E-state index contributed by atoms with van der Waals surface area (Å²) in [6.45, 7) is 7.06. The summed E-state index contributed by atoms with van der Waals surface area (Å²) < 4.78 is 6.15. The molecule has 2 aromatic carbocycles. The van der Waals surface area contributed by atoms with Gasteiger partial charge in [-0.1, -0.05) is 31.9 Å². The molecular formula is C20H20Br2O3. The smallest absolute Gasteiger partial charge is 0.159 e. The van der Waals surface area contributed by atoms with Crippen LogP contribution in [0.1, 0.15) is 69.2 Å². The minimum absolute atomic E-state index is 0.0153. The molecule has 0 aromatic heterocycles. The zero-order valence-electron chi connectivity index (χ0n) is 14.6. The van der Waals surface area contributed by atoms with Gasteiger partial charge >= 0.3 is 0 Å². The number of benzene rings is 2. The third kappa shape index (κ3) is 4.79. The monoisotopic (exact) mass is 466 g/mol. The summed E-state index contributed by atoms with van der Waals surface area (Å²) >= 11 is 7.13. The van der Waals surface area contributed by atoms with Gasteiger partial charge in [-0.05, 0) is 64.1 Å². The van der Waals surface area contributed by atoms with E-state index < -0.39 is 0 Å². The van der Waals surface area contributed by atoms with Crippen molar-refractivity contribution in [2.45, 2.75) is 37.3 Å². The Bertz CT molecular complexity index is 743. The fourth-order valence-corrected chi connectivity index (χ4v) is 3.18. The minimum atomic E-state index is 0.0153. The Balaban J connectivity index is 2.49. The van der Waals surface area contributed by atoms with Gasteiger partial charge < -0.3 is 4.74 Å². The SMILES string of the molecule is CC(=O)c1ccc(Oc2ccc(C(C)=O)cc2C(C)Br)c(C(C)Br)c1. The summed E-state index contributed by atoms with van der Waals surface area (Å²) in [7, 11) is 0. The van der Waals surface area contributed by atoms with Crippen LogP contribution in [0, 0.1) is 0 Å². The van der Waals surface area contributed by atoms with E-state index in [0.29, 0.717) is 22.6 Å². The lowest BCUT2D eigenvalue weighted by Crippen LogP contribution is -2.01. The van der Waals surface area contributed by atoms with Gasteiger partial charge in [-0.25, -0.2) is 0 Å². The lowest BCUT2D eigenvalue weighted by molar-refractivity contribution is 0.100. The molecule has 0 bridgehead atoms. The maximum absolute atomic E-state index is 11.6. The van der Waals surface area contributed by atoms with E-state index in [-0.39, 0.29) is 21.2 Å². The van der Waals surface area contributed by atoms with E-state index in [1.54, 1.807) is 26.0 Å². The van der Waals surface area contributed by atoms with Crippen LogP contribution in [-0.4, -0.2) is 11.6 Å². The van der Waals surface area contributed by atoms with Crippen LogP contribution in [0.3, 0.4) is 0 Å². The van der Waals surface area contributed by atoms with Crippen molar-refractivity contribution in [1.82, 2.24) is 0 Å². The second kappa shape index (κ2) is 8.28. The first-order valence-electron chi connectivity index (χ1n) is 7.96. The number of Topliss-reactive ketones (excluding diaryl/α,β-unsaturated/α-hetero) is 2. The lowest BCUT2D eigenvalue weighted by Gasteiger charge is -2.18. The second-order valence-electron chi connectivity index (χ2n) is 5.95. The van der Waals surface area contributed by atoms with Crippen molar-refractivity contribution >= 4 is 43.4 Å². The molecule has 0 saturated heterocycles. The van der Waals surface area contributed by atoms with Crippen molar-refractivity contribution in [3.05, 3.63) is 58.7 Å². The first kappa shape index (κ1) is 19.9. The van der Waals surface area contributed by atoms with E-state index in [4.69, 9.17) is 4.74 Å². The largest absolute Gasteiger partial charge is 0.457 e. The Labute approximate surface area is 165 Å². The first-order chi connectivity index (χ1) is 11.7. The van der Waals surface area contributed by atoms with E-state index in [9.17, 15) is 9.59 Å². The average Bonchev–Trinajstić information content (AvgIpc) is 2.54. The lowest BCUT2D eigenvalue weighted by atomic mass is 10.0. The van der Waals surface area contributed by atoms with Gasteiger partial charge in [0.15, 0.2) is 11.6 Å². The summed E-state index contributed by atoms with van der Waals surface area (Å²) in [6, 6.07) is 10.8. The van der Waals surface area contributed by atoms with Gasteiger partial charge in [-0.3, -0.25) is 9.59 Å². The van der Waals surface area contributed by atoms with Crippen LogP contribution in [0.4, 0.5) is 0 Å². The highest BCUT2D eigenvalue weighted by Crippen LogP contribution is 2.38. The second-order valence-corrected chi connectivity index (χ2v) is 8.70. The number of ether oxygens (including phenoxy) is 1. The third-order valence-corrected chi connectivity index (χ3v) is 4.90. The standard InChI is InChI=1S/C20H20Br2O3/c1-11(21)17-9-15(13(3)23)5-7-19(17)25-20-8-6-16(14(4)24)10-18(20)12(2)22/h5-12H,1-4H3. The highest BCUT2D eigenvalue weighted by molar-refractivity contribution is 9.09. The molecule has 0 N–H and O–H groups in total. The first-order valence-corrected chi connectivity index (χ1v) is 9.79. The van der Waals surface area contributed by atoms with Gasteiger partial charge in [0.1, 0.15) is 11.5 Å². The fraction of sp³-hybridized carbons (Fsp3) is 0.300. The molecule has 132 valence electrons. The number of ketones is 2. The van der Waals surface area contributed by atoms with E-state index in [2.05, 4.69) is 31.9 Å². The quantitative estimate of drug-likeness (QED) is 0.346. The summed E-state index contributed by atoms with van der Waals surface area (Å²) in [5, 5.41) is 0. The van der Waals surface area contributed by atoms with Gasteiger partial charge in [0.05, 0.1) is 0 Å². The Morgan fingerprint density at radius 1 is 0.800 bits per heavy atom. The minimum Gasteiger partial charge on any atom is -0.457 e. The maximum Gasteiger partial charge on any atom is 0.159 e. The Morgan fingerprint density at radius 2 is 1.16 bits per heavy atom. The molecule has 0 heterocycles. The molecule has 2 atom stereocenters. The number of carbonyl (C=O) groups excluding carboxylic acids is 2. The Morgan fingerprint density at radius 3 is 1.44 bits per heavy atom. The predicted molar refractivity (Wildman–Crippen MR) is 108 cm³/mol. The molecule has 0 aliphatic carbocycles. The molecule has 0 amide bonds. The third-order valence-electron chi connectivity index (χ3n) is 3.91. The van der Waals surface area contributed by atoms with E-state index in [1.165, 1.54) is 0 Å². The van der Waals surface area contributed by atoms with Crippen LogP contribution in [-0.2, 0) is 0 Å². The van der Waals surface area contributed by atoms with Crippen LogP contribution in [0.5, 0.6) is 11.5 Å². The van der Waals surface area contributed by atoms with E-state index in [1.807, 2.05) is 38.1 Å². The number of halogens is 2. The van der Waals surface area contributed by atoms with E-state index in [0.717, 1.165) is 11.1 Å². The van der Waals surface area contributed by atoms with Gasteiger partial charge in [0.2, 0.25) is 0 Å². The van der Waals surface area contributed by atoms with Crippen molar-refractivity contribution in [3.8, 4) is 11.5 Å². The number of hydrogen-bond acceptors (Lipinski definition) is 3. The van der Waals surface area contributed by atoms with Gasteiger partial charge in [0.25, 0.3) is 0 Å². The van der Waals surface area contributed by atoms with Gasteiger partial charge in [-0.2, -0.15) is 0 Å². The molecule has 2 aromatic rings. The maximum atomic E-state index is 11.6. The van der Waals surface area contributed by atoms with Crippen molar-refractivity contribution in [2.75, 3.05) is 0 Å². The molecule has 0 radical (unpaired) electrons. The molecule has 5 heteroatoms. The Kier molecular flexibility index (Phi) is 6.58. The van der Waals surface area contributed by atoms with Crippen LogP contribution in [0.25, 0.3) is 0 Å². The van der Waals surface area contributed by atoms with Crippen LogP contribution >= 0.6 is 31.9 Å². The molecule has 2 unspecified atom stereocenters. The summed E-state index contributed by atoms with van der Waals surface area (Å²) in [6.07, 6.45) is 0. The molecule has 0 saturated carbocycles. The van der Waals surface area contributed by atoms with Crippen molar-refractivity contribution in [2.24, 2.45) is 0 Å². The zero-order valence-corrected chi connectivity index (χ0v) is 17.8. The molecule has 0 spiro atoms. The van der Waals surface area contributed by atoms with Crippen molar-refractivity contribution in [3.63, 3.8) is 0 Å². The normalized spacial score (nSPS) is 13.2. The molecule has 2 rings (SSSR count). The summed E-state index contributed by atoms with van der Waals surface area (Å²) in [5.74, 6) is 1.39. The molecule has 3 nitrogen and oxygen atoms in total. The van der Waals surface area contributed by atoms with Crippen molar-refractivity contribution < 1.29 is 14.3 Å². The summed E-state index contributed by atoms with van der Waals surface area (Å²) in [4.78, 5) is 23.3. The number of hydrogen-bond donors (Lipinski definition) is 0. The van der Waals surface area contributed by atoms with E-state index >= 15 is 0 Å².